The van der Waals surface area contributed by atoms with E-state index in [9.17, 15) is 5.02 Å². The quantitative estimate of drug-likeness (QED) is 0.601. The molecule has 4 heteroatoms. The van der Waals surface area contributed by atoms with Crippen molar-refractivity contribution in [3.8, 4) is 0 Å². The summed E-state index contributed by atoms with van der Waals surface area (Å²) in [6.45, 7) is 8.65. The maximum Gasteiger partial charge on any atom is 0.374 e. The van der Waals surface area contributed by atoms with Crippen LogP contribution in [0.1, 0.15) is 26.7 Å². The van der Waals surface area contributed by atoms with E-state index < -0.39 is 7.05 Å². The number of hydrogen-bond donors (Lipinski definition) is 3. The molecule has 0 aromatic heterocycles. The van der Waals surface area contributed by atoms with Crippen molar-refractivity contribution >= 4 is 7.05 Å². The molecule has 2 fully saturated rings. The van der Waals surface area contributed by atoms with Crippen LogP contribution in [-0.2, 0) is 0 Å². The molecule has 3 nitrogen and oxygen atoms in total. The zero-order valence-electron chi connectivity index (χ0n) is 10.1. The highest BCUT2D eigenvalue weighted by Crippen LogP contribution is 2.43. The Labute approximate surface area is 93.2 Å². The topological polar surface area (TPSA) is 44.3 Å². The third-order valence-electron chi connectivity index (χ3n) is 4.26. The van der Waals surface area contributed by atoms with Gasteiger partial charge in [0.25, 0.3) is 0 Å². The highest BCUT2D eigenvalue weighted by atomic mass is 16.2. The second kappa shape index (κ2) is 4.08. The van der Waals surface area contributed by atoms with E-state index in [1.165, 1.54) is 25.9 Å². The summed E-state index contributed by atoms with van der Waals surface area (Å²) in [5, 5.41) is 16.2. The van der Waals surface area contributed by atoms with Gasteiger partial charge in [-0.25, -0.2) is 0 Å². The Morgan fingerprint density at radius 3 is 2.27 bits per heavy atom. The lowest BCUT2D eigenvalue weighted by molar-refractivity contribution is 0.272. The van der Waals surface area contributed by atoms with Crippen LogP contribution < -0.4 is 10.5 Å². The Kier molecular flexibility index (Phi) is 3.11. The Morgan fingerprint density at radius 2 is 1.80 bits per heavy atom. The first-order chi connectivity index (χ1) is 6.99. The molecule has 1 aliphatic carbocycles. The molecular formula is C11H23BN2O. The second-order valence-electron chi connectivity index (χ2n) is 5.89. The van der Waals surface area contributed by atoms with E-state index in [4.69, 9.17) is 0 Å². The number of hydrogen-bond acceptors (Lipinski definition) is 3. The zero-order valence-corrected chi connectivity index (χ0v) is 10.1. The molecule has 1 unspecified atom stereocenters. The summed E-state index contributed by atoms with van der Waals surface area (Å²) < 4.78 is 0. The molecule has 0 amide bonds. The smallest absolute Gasteiger partial charge is 0.374 e. The van der Waals surface area contributed by atoms with Crippen LogP contribution in [0.15, 0.2) is 0 Å². The maximum atomic E-state index is 9.43. The predicted octanol–water partition coefficient (Wildman–Crippen LogP) is 0.710. The van der Waals surface area contributed by atoms with E-state index in [1.54, 1.807) is 6.82 Å². The summed E-state index contributed by atoms with van der Waals surface area (Å²) >= 11 is 0. The van der Waals surface area contributed by atoms with Crippen LogP contribution >= 0.6 is 0 Å². The van der Waals surface area contributed by atoms with Gasteiger partial charge in [0.15, 0.2) is 0 Å². The normalized spacial score (nSPS) is 35.6. The van der Waals surface area contributed by atoms with E-state index in [0.29, 0.717) is 5.92 Å². The Morgan fingerprint density at radius 1 is 1.27 bits per heavy atom. The number of nitrogens with one attached hydrogen (secondary N) is 2. The van der Waals surface area contributed by atoms with Gasteiger partial charge in [-0.1, -0.05) is 0 Å². The highest BCUT2D eigenvalue weighted by molar-refractivity contribution is 6.45. The first-order valence-corrected chi connectivity index (χ1v) is 6.15. The Balaban J connectivity index is 1.94. The molecule has 2 aliphatic rings. The van der Waals surface area contributed by atoms with Crippen LogP contribution in [0.5, 0.6) is 0 Å². The van der Waals surface area contributed by atoms with Crippen LogP contribution in [0.4, 0.5) is 0 Å². The highest BCUT2D eigenvalue weighted by Gasteiger charge is 2.43. The van der Waals surface area contributed by atoms with Crippen molar-refractivity contribution in [1.29, 1.82) is 0 Å². The van der Waals surface area contributed by atoms with E-state index in [1.807, 2.05) is 0 Å². The molecule has 1 heterocycles. The van der Waals surface area contributed by atoms with Gasteiger partial charge in [0, 0.05) is 5.54 Å². The lowest BCUT2D eigenvalue weighted by atomic mass is 9.77. The maximum absolute atomic E-state index is 9.43. The van der Waals surface area contributed by atoms with Gasteiger partial charge in [-0.05, 0) is 64.4 Å². The van der Waals surface area contributed by atoms with Gasteiger partial charge in [-0.15, -0.1) is 0 Å². The van der Waals surface area contributed by atoms with Crippen LogP contribution in [0, 0.1) is 17.8 Å². The molecule has 0 aromatic rings. The second-order valence-corrected chi connectivity index (χ2v) is 5.89. The van der Waals surface area contributed by atoms with Crippen LogP contribution in [-0.4, -0.2) is 30.7 Å². The van der Waals surface area contributed by atoms with Gasteiger partial charge in [0.2, 0.25) is 0 Å². The van der Waals surface area contributed by atoms with Crippen molar-refractivity contribution in [3.05, 3.63) is 0 Å². The molecule has 1 saturated heterocycles. The fourth-order valence-corrected chi connectivity index (χ4v) is 3.41. The van der Waals surface area contributed by atoms with E-state index in [2.05, 4.69) is 24.4 Å². The SMILES string of the molecule is CB(O)NC(C)(C)C1C[C@H]2CNC[C@H]2C1. The van der Waals surface area contributed by atoms with Gasteiger partial charge in [-0.3, -0.25) is 0 Å². The summed E-state index contributed by atoms with van der Waals surface area (Å²) in [5.74, 6) is 2.47. The molecule has 0 spiro atoms. The molecule has 0 aromatic carbocycles. The first kappa shape index (κ1) is 11.4. The molecule has 15 heavy (non-hydrogen) atoms. The Bertz CT molecular complexity index is 221. The summed E-state index contributed by atoms with van der Waals surface area (Å²) in [7, 11) is -0.404. The van der Waals surface area contributed by atoms with E-state index in [-0.39, 0.29) is 5.54 Å². The van der Waals surface area contributed by atoms with Crippen molar-refractivity contribution in [2.75, 3.05) is 13.1 Å². The summed E-state index contributed by atoms with van der Waals surface area (Å²) in [6, 6.07) is 0. The van der Waals surface area contributed by atoms with Crippen molar-refractivity contribution in [3.63, 3.8) is 0 Å². The largest absolute Gasteiger partial charge is 0.437 e. The Hall–Kier alpha value is -0.0551. The lowest BCUT2D eigenvalue weighted by Gasteiger charge is -2.34. The van der Waals surface area contributed by atoms with Gasteiger partial charge in [0.1, 0.15) is 0 Å². The van der Waals surface area contributed by atoms with Crippen LogP contribution in [0.3, 0.4) is 0 Å². The van der Waals surface area contributed by atoms with Crippen LogP contribution in [0.2, 0.25) is 6.82 Å². The minimum absolute atomic E-state index is 0.0680. The average molecular weight is 210 g/mol. The van der Waals surface area contributed by atoms with Gasteiger partial charge < -0.3 is 15.6 Å². The average Bonchev–Trinajstić information content (AvgIpc) is 2.56. The monoisotopic (exact) mass is 210 g/mol. The van der Waals surface area contributed by atoms with Gasteiger partial charge >= 0.3 is 7.05 Å². The standard InChI is InChI=1S/C11H23BN2O/c1-11(2,14-12(3)15)10-4-8-6-13-7-9(8)5-10/h8-10,13-15H,4-7H2,1-3H3/t8-,9+,10?. The van der Waals surface area contributed by atoms with Gasteiger partial charge in [-0.2, -0.15) is 0 Å². The third-order valence-corrected chi connectivity index (χ3v) is 4.26. The minimum atomic E-state index is -0.404. The van der Waals surface area contributed by atoms with Crippen molar-refractivity contribution < 1.29 is 5.02 Å². The minimum Gasteiger partial charge on any atom is -0.437 e. The fraction of sp³-hybridized carbons (Fsp3) is 1.00. The van der Waals surface area contributed by atoms with Crippen molar-refractivity contribution in [2.24, 2.45) is 17.8 Å². The predicted molar refractivity (Wildman–Crippen MR) is 63.6 cm³/mol. The first-order valence-electron chi connectivity index (χ1n) is 6.15. The summed E-state index contributed by atoms with van der Waals surface area (Å²) in [6.07, 6.45) is 2.62. The molecule has 1 saturated carbocycles. The molecule has 1 aliphatic heterocycles. The van der Waals surface area contributed by atoms with E-state index >= 15 is 0 Å². The molecule has 2 rings (SSSR count). The van der Waals surface area contributed by atoms with E-state index in [0.717, 1.165) is 11.8 Å². The number of fused-ring (bicyclic) bond motifs is 1. The lowest BCUT2D eigenvalue weighted by Crippen LogP contribution is -2.52. The number of rotatable bonds is 3. The van der Waals surface area contributed by atoms with Crippen LogP contribution in [0.25, 0.3) is 0 Å². The van der Waals surface area contributed by atoms with Crippen molar-refractivity contribution in [2.45, 2.75) is 39.1 Å². The fourth-order valence-electron chi connectivity index (χ4n) is 3.41. The molecule has 3 atom stereocenters. The third kappa shape index (κ3) is 2.37. The van der Waals surface area contributed by atoms with Crippen molar-refractivity contribution in [1.82, 2.24) is 10.5 Å². The molecule has 86 valence electrons. The molecule has 3 N–H and O–H groups in total. The molecular weight excluding hydrogens is 187 g/mol. The molecule has 0 bridgehead atoms. The summed E-state index contributed by atoms with van der Waals surface area (Å²) in [4.78, 5) is 0. The zero-order chi connectivity index (χ0) is 11.1. The summed E-state index contributed by atoms with van der Waals surface area (Å²) in [5.41, 5.74) is 0.0680. The molecule has 0 radical (unpaired) electrons. The van der Waals surface area contributed by atoms with Gasteiger partial charge in [0.05, 0.1) is 0 Å².